The summed E-state index contributed by atoms with van der Waals surface area (Å²) in [5.41, 5.74) is -1.15. The summed E-state index contributed by atoms with van der Waals surface area (Å²) in [6, 6.07) is 0. The lowest BCUT2D eigenvalue weighted by Crippen LogP contribution is -2.58. The fourth-order valence-electron chi connectivity index (χ4n) is 6.98. The quantitative estimate of drug-likeness (QED) is 0.794. The van der Waals surface area contributed by atoms with Crippen LogP contribution in [0, 0.1) is 28.6 Å². The Balaban J connectivity index is 1.75. The lowest BCUT2D eigenvalue weighted by molar-refractivity contribution is -0.161. The SMILES string of the molecule is CC(=O)[C@@]1(O)CCC2C3CC(=O)C4=CC(=O)CC[C@]4(C)C3CC[C@@]21C. The molecule has 3 saturated carbocycles. The maximum atomic E-state index is 12.9. The molecule has 1 N–H and O–H groups in total. The van der Waals surface area contributed by atoms with Gasteiger partial charge in [-0.25, -0.2) is 0 Å². The van der Waals surface area contributed by atoms with E-state index < -0.39 is 11.0 Å². The topological polar surface area (TPSA) is 71.4 Å². The predicted molar refractivity (Wildman–Crippen MR) is 92.7 cm³/mol. The smallest absolute Gasteiger partial charge is 0.161 e. The summed E-state index contributed by atoms with van der Waals surface area (Å²) in [5.74, 6) is 0.853. The number of allylic oxidation sites excluding steroid dienone is 1. The molecule has 0 spiro atoms. The molecule has 25 heavy (non-hydrogen) atoms. The summed E-state index contributed by atoms with van der Waals surface area (Å²) in [5, 5.41) is 11.1. The van der Waals surface area contributed by atoms with Crippen LogP contribution in [0.5, 0.6) is 0 Å². The molecule has 4 aliphatic carbocycles. The molecule has 4 nitrogen and oxygen atoms in total. The van der Waals surface area contributed by atoms with Gasteiger partial charge in [-0.05, 0) is 68.3 Å². The third-order valence-corrected chi connectivity index (χ3v) is 8.52. The average Bonchev–Trinajstić information content (AvgIpc) is 2.83. The third-order valence-electron chi connectivity index (χ3n) is 8.52. The number of ketones is 3. The Hall–Kier alpha value is -1.29. The maximum absolute atomic E-state index is 12.9. The van der Waals surface area contributed by atoms with Crippen molar-refractivity contribution in [2.45, 2.75) is 71.3 Å². The molecule has 0 aromatic rings. The van der Waals surface area contributed by atoms with E-state index in [-0.39, 0.29) is 34.6 Å². The highest BCUT2D eigenvalue weighted by Gasteiger charge is 2.66. The second kappa shape index (κ2) is 5.12. The molecular weight excluding hydrogens is 316 g/mol. The van der Waals surface area contributed by atoms with Crippen LogP contribution in [0.2, 0.25) is 0 Å². The molecule has 0 heterocycles. The van der Waals surface area contributed by atoms with Gasteiger partial charge in [-0.3, -0.25) is 14.4 Å². The van der Waals surface area contributed by atoms with Crippen LogP contribution in [0.4, 0.5) is 0 Å². The van der Waals surface area contributed by atoms with Crippen molar-refractivity contribution >= 4 is 17.3 Å². The molecular formula is C21H28O4. The Kier molecular flexibility index (Phi) is 3.51. The predicted octanol–water partition coefficient (Wildman–Crippen LogP) is 3.02. The first-order valence-electron chi connectivity index (χ1n) is 9.65. The minimum atomic E-state index is -1.24. The van der Waals surface area contributed by atoms with Gasteiger partial charge in [0.25, 0.3) is 0 Å². The molecule has 0 amide bonds. The van der Waals surface area contributed by atoms with Crippen LogP contribution in [0.3, 0.4) is 0 Å². The highest BCUT2D eigenvalue weighted by molar-refractivity contribution is 6.05. The normalized spacial score (nSPS) is 49.1. The molecule has 0 aromatic heterocycles. The first-order valence-corrected chi connectivity index (χ1v) is 9.65. The van der Waals surface area contributed by atoms with Gasteiger partial charge in [-0.15, -0.1) is 0 Å². The molecule has 4 heteroatoms. The molecule has 3 unspecified atom stereocenters. The maximum Gasteiger partial charge on any atom is 0.161 e. The Bertz CT molecular complexity index is 707. The number of Topliss-reactive ketones (excluding diaryl/α,β-unsaturated/α-hetero) is 2. The van der Waals surface area contributed by atoms with Crippen LogP contribution < -0.4 is 0 Å². The van der Waals surface area contributed by atoms with Gasteiger partial charge >= 0.3 is 0 Å². The van der Waals surface area contributed by atoms with E-state index >= 15 is 0 Å². The zero-order valence-electron chi connectivity index (χ0n) is 15.4. The van der Waals surface area contributed by atoms with Crippen molar-refractivity contribution in [3.8, 4) is 0 Å². The van der Waals surface area contributed by atoms with Gasteiger partial charge < -0.3 is 5.11 Å². The van der Waals surface area contributed by atoms with E-state index in [1.165, 1.54) is 6.92 Å². The summed E-state index contributed by atoms with van der Waals surface area (Å²) in [6.45, 7) is 5.72. The van der Waals surface area contributed by atoms with Crippen LogP contribution in [0.25, 0.3) is 0 Å². The Morgan fingerprint density at radius 1 is 1.12 bits per heavy atom. The molecule has 136 valence electrons. The van der Waals surface area contributed by atoms with Gasteiger partial charge in [0.15, 0.2) is 17.3 Å². The van der Waals surface area contributed by atoms with Crippen LogP contribution in [-0.2, 0) is 14.4 Å². The monoisotopic (exact) mass is 344 g/mol. The standard InChI is InChI=1S/C21H28O4/c1-12(22)21(25)9-6-16-14-11-18(24)17-10-13(23)4-7-19(17,2)15(14)5-8-20(16,21)3/h10,14-16,25H,4-9,11H2,1-3H3/t14?,15?,16?,19-,20+,21+/m1/s1. The fraction of sp³-hybridized carbons (Fsp3) is 0.762. The molecule has 6 atom stereocenters. The van der Waals surface area contributed by atoms with Crippen LogP contribution >= 0.6 is 0 Å². The van der Waals surface area contributed by atoms with Crippen molar-refractivity contribution in [3.05, 3.63) is 11.6 Å². The van der Waals surface area contributed by atoms with E-state index in [9.17, 15) is 19.5 Å². The highest BCUT2D eigenvalue weighted by Crippen LogP contribution is 2.67. The molecule has 0 saturated heterocycles. The lowest BCUT2D eigenvalue weighted by atomic mass is 9.46. The number of hydrogen-bond acceptors (Lipinski definition) is 4. The summed E-state index contributed by atoms with van der Waals surface area (Å²) >= 11 is 0. The largest absolute Gasteiger partial charge is 0.382 e. The number of rotatable bonds is 1. The molecule has 3 fully saturated rings. The van der Waals surface area contributed by atoms with Crippen molar-refractivity contribution in [2.24, 2.45) is 28.6 Å². The second-order valence-electron chi connectivity index (χ2n) is 9.36. The lowest BCUT2D eigenvalue weighted by Gasteiger charge is -2.58. The summed E-state index contributed by atoms with van der Waals surface area (Å²) in [6.07, 6.45) is 6.42. The molecule has 0 radical (unpaired) electrons. The van der Waals surface area contributed by atoms with Crippen LogP contribution in [0.1, 0.15) is 65.7 Å². The van der Waals surface area contributed by atoms with Gasteiger partial charge in [0, 0.05) is 23.8 Å². The van der Waals surface area contributed by atoms with Crippen LogP contribution in [-0.4, -0.2) is 28.1 Å². The number of carbonyl (C=O) groups excluding carboxylic acids is 3. The van der Waals surface area contributed by atoms with Gasteiger partial charge in [0.1, 0.15) is 5.60 Å². The third kappa shape index (κ3) is 2.00. The fourth-order valence-corrected chi connectivity index (χ4v) is 6.98. The van der Waals surface area contributed by atoms with Gasteiger partial charge in [-0.2, -0.15) is 0 Å². The zero-order valence-corrected chi connectivity index (χ0v) is 15.4. The van der Waals surface area contributed by atoms with Crippen LogP contribution in [0.15, 0.2) is 11.6 Å². The number of fused-ring (bicyclic) bond motifs is 5. The number of hydrogen-bond donors (Lipinski definition) is 1. The summed E-state index contributed by atoms with van der Waals surface area (Å²) in [7, 11) is 0. The highest BCUT2D eigenvalue weighted by atomic mass is 16.3. The Morgan fingerprint density at radius 3 is 2.48 bits per heavy atom. The van der Waals surface area contributed by atoms with E-state index in [0.29, 0.717) is 25.2 Å². The van der Waals surface area contributed by atoms with Crippen molar-refractivity contribution < 1.29 is 19.5 Å². The number of aliphatic hydroxyl groups is 1. The van der Waals surface area contributed by atoms with E-state index in [1.807, 2.05) is 0 Å². The van der Waals surface area contributed by atoms with Gasteiger partial charge in [0.05, 0.1) is 0 Å². The summed E-state index contributed by atoms with van der Waals surface area (Å²) < 4.78 is 0. The minimum Gasteiger partial charge on any atom is -0.382 e. The molecule has 0 aromatic carbocycles. The summed E-state index contributed by atoms with van der Waals surface area (Å²) in [4.78, 5) is 36.9. The van der Waals surface area contributed by atoms with Gasteiger partial charge in [0.2, 0.25) is 0 Å². The zero-order chi connectivity index (χ0) is 18.2. The minimum absolute atomic E-state index is 0.0757. The van der Waals surface area contributed by atoms with Crippen molar-refractivity contribution in [3.63, 3.8) is 0 Å². The molecule has 0 bridgehead atoms. The van der Waals surface area contributed by atoms with Crippen molar-refractivity contribution in [1.82, 2.24) is 0 Å². The number of carbonyl (C=O) groups is 3. The Labute approximate surface area is 149 Å². The average molecular weight is 344 g/mol. The van der Waals surface area contributed by atoms with Gasteiger partial charge in [-0.1, -0.05) is 13.8 Å². The van der Waals surface area contributed by atoms with E-state index in [1.54, 1.807) is 6.08 Å². The second-order valence-corrected chi connectivity index (χ2v) is 9.36. The molecule has 4 rings (SSSR count). The van der Waals surface area contributed by atoms with E-state index in [0.717, 1.165) is 31.3 Å². The Morgan fingerprint density at radius 2 is 1.80 bits per heavy atom. The first kappa shape index (κ1) is 17.1. The first-order chi connectivity index (χ1) is 11.6. The van der Waals surface area contributed by atoms with E-state index in [4.69, 9.17) is 0 Å². The molecule has 0 aliphatic heterocycles. The molecule has 4 aliphatic rings. The van der Waals surface area contributed by atoms with Crippen molar-refractivity contribution in [2.75, 3.05) is 0 Å². The van der Waals surface area contributed by atoms with Crippen molar-refractivity contribution in [1.29, 1.82) is 0 Å². The van der Waals surface area contributed by atoms with E-state index in [2.05, 4.69) is 13.8 Å².